The third-order valence-corrected chi connectivity index (χ3v) is 4.31. The maximum absolute atomic E-state index is 13.2. The van der Waals surface area contributed by atoms with E-state index in [1.165, 1.54) is 30.5 Å². The highest BCUT2D eigenvalue weighted by Gasteiger charge is 2.33. The Bertz CT molecular complexity index is 824. The fourth-order valence-electron chi connectivity index (χ4n) is 2.75. The van der Waals surface area contributed by atoms with Crippen LogP contribution in [0.1, 0.15) is 28.9 Å². The molecule has 1 aromatic heterocycles. The zero-order valence-electron chi connectivity index (χ0n) is 14.1. The summed E-state index contributed by atoms with van der Waals surface area (Å²) in [6, 6.07) is 6.31. The largest absolute Gasteiger partial charge is 0.418 e. The quantitative estimate of drug-likeness (QED) is 0.782. The summed E-state index contributed by atoms with van der Waals surface area (Å²) in [5, 5.41) is 5.38. The molecule has 9 heteroatoms. The van der Waals surface area contributed by atoms with E-state index < -0.39 is 17.6 Å². The number of nitrogens with zero attached hydrogens (tertiary/aromatic N) is 1. The van der Waals surface area contributed by atoms with Crippen LogP contribution < -0.4 is 10.6 Å². The summed E-state index contributed by atoms with van der Waals surface area (Å²) >= 11 is 5.68. The van der Waals surface area contributed by atoms with E-state index in [0.717, 1.165) is 18.9 Å². The first-order valence-corrected chi connectivity index (χ1v) is 8.70. The summed E-state index contributed by atoms with van der Waals surface area (Å²) in [7, 11) is 0. The van der Waals surface area contributed by atoms with Gasteiger partial charge in [0.2, 0.25) is 0 Å². The molecular weight excluding hydrogens is 383 g/mol. The van der Waals surface area contributed by atoms with Gasteiger partial charge in [-0.2, -0.15) is 13.2 Å². The predicted octanol–water partition coefficient (Wildman–Crippen LogP) is 4.41. The number of carbonyl (C=O) groups excluding carboxylic acids is 1. The molecule has 1 aliphatic heterocycles. The van der Waals surface area contributed by atoms with Gasteiger partial charge >= 0.3 is 6.18 Å². The van der Waals surface area contributed by atoms with Gasteiger partial charge in [-0.05, 0) is 43.2 Å². The van der Waals surface area contributed by atoms with E-state index in [0.29, 0.717) is 18.8 Å². The van der Waals surface area contributed by atoms with Gasteiger partial charge in [0.05, 0.1) is 17.4 Å². The predicted molar refractivity (Wildman–Crippen MR) is 95.3 cm³/mol. The van der Waals surface area contributed by atoms with Crippen molar-refractivity contribution in [1.82, 2.24) is 10.3 Å². The fraction of sp³-hybridized carbons (Fsp3) is 0.333. The van der Waals surface area contributed by atoms with Crippen LogP contribution in [0.2, 0.25) is 5.02 Å². The van der Waals surface area contributed by atoms with Crippen molar-refractivity contribution in [2.75, 3.05) is 18.5 Å². The smallest absolute Gasteiger partial charge is 0.376 e. The molecule has 3 rings (SSSR count). The molecule has 1 aromatic carbocycles. The topological polar surface area (TPSA) is 63.2 Å². The van der Waals surface area contributed by atoms with Gasteiger partial charge in [0.15, 0.2) is 0 Å². The number of nitrogens with one attached hydrogen (secondary N) is 2. The van der Waals surface area contributed by atoms with Crippen LogP contribution in [0.4, 0.5) is 24.5 Å². The van der Waals surface area contributed by atoms with Crippen LogP contribution in [0.5, 0.6) is 0 Å². The Kier molecular flexibility index (Phi) is 5.86. The molecule has 1 aliphatic rings. The van der Waals surface area contributed by atoms with Crippen LogP contribution in [0.15, 0.2) is 36.5 Å². The molecule has 1 amide bonds. The Morgan fingerprint density at radius 3 is 2.81 bits per heavy atom. The molecule has 0 spiro atoms. The zero-order valence-corrected chi connectivity index (χ0v) is 14.9. The number of aromatic nitrogens is 1. The highest BCUT2D eigenvalue weighted by atomic mass is 35.5. The van der Waals surface area contributed by atoms with Crippen LogP contribution in [0.3, 0.4) is 0 Å². The summed E-state index contributed by atoms with van der Waals surface area (Å²) in [5.41, 5.74) is -0.652. The van der Waals surface area contributed by atoms with E-state index in [-0.39, 0.29) is 22.5 Å². The molecule has 1 atom stereocenters. The summed E-state index contributed by atoms with van der Waals surface area (Å²) < 4.78 is 45.0. The number of benzene rings is 1. The van der Waals surface area contributed by atoms with Gasteiger partial charge in [-0.15, -0.1) is 0 Å². The second kappa shape index (κ2) is 8.14. The molecule has 1 fully saturated rings. The first kappa shape index (κ1) is 19.4. The average molecular weight is 400 g/mol. The molecule has 0 radical (unpaired) electrons. The number of hydrogen-bond donors (Lipinski definition) is 2. The summed E-state index contributed by atoms with van der Waals surface area (Å²) in [6.07, 6.45) is -1.39. The Hall–Kier alpha value is -2.32. The standard InChI is InChI=1S/C18H17ClF3N3O2/c19-11-3-4-15(14(8-11)18(20,21)22)25-12-5-6-23-16(9-12)17(26)24-10-13-2-1-7-27-13/h3-6,8-9,13H,1-2,7,10H2,(H,23,25)(H,24,26). The van der Waals surface area contributed by atoms with Gasteiger partial charge in [-0.25, -0.2) is 0 Å². The van der Waals surface area contributed by atoms with Crippen molar-refractivity contribution in [1.29, 1.82) is 0 Å². The lowest BCUT2D eigenvalue weighted by Crippen LogP contribution is -2.32. The summed E-state index contributed by atoms with van der Waals surface area (Å²) in [6.45, 7) is 1.05. The lowest BCUT2D eigenvalue weighted by Gasteiger charge is -2.15. The Labute approximate surface area is 158 Å². The Morgan fingerprint density at radius 1 is 1.30 bits per heavy atom. The fourth-order valence-corrected chi connectivity index (χ4v) is 2.92. The van der Waals surface area contributed by atoms with Crippen molar-refractivity contribution in [2.45, 2.75) is 25.1 Å². The van der Waals surface area contributed by atoms with Crippen molar-refractivity contribution in [3.05, 3.63) is 52.8 Å². The van der Waals surface area contributed by atoms with Gasteiger partial charge in [0, 0.05) is 30.1 Å². The van der Waals surface area contributed by atoms with Crippen molar-refractivity contribution >= 4 is 28.9 Å². The first-order chi connectivity index (χ1) is 12.8. The molecule has 0 bridgehead atoms. The van der Waals surface area contributed by atoms with Crippen molar-refractivity contribution in [3.63, 3.8) is 0 Å². The average Bonchev–Trinajstić information content (AvgIpc) is 3.14. The number of halogens is 4. The molecule has 5 nitrogen and oxygen atoms in total. The zero-order chi connectivity index (χ0) is 19.4. The minimum absolute atomic E-state index is 0.0151. The normalized spacial score (nSPS) is 17.0. The molecule has 2 N–H and O–H groups in total. The molecule has 2 heterocycles. The molecule has 144 valence electrons. The van der Waals surface area contributed by atoms with Gasteiger partial charge in [-0.1, -0.05) is 11.6 Å². The third kappa shape index (κ3) is 5.11. The summed E-state index contributed by atoms with van der Waals surface area (Å²) in [5.74, 6) is -0.415. The maximum Gasteiger partial charge on any atom is 0.418 e. The van der Waals surface area contributed by atoms with Crippen molar-refractivity contribution in [2.24, 2.45) is 0 Å². The number of carbonyl (C=O) groups is 1. The van der Waals surface area contributed by atoms with Crippen molar-refractivity contribution in [3.8, 4) is 0 Å². The molecular formula is C18H17ClF3N3O2. The van der Waals surface area contributed by atoms with Crippen LogP contribution in [0.25, 0.3) is 0 Å². The molecule has 27 heavy (non-hydrogen) atoms. The minimum atomic E-state index is -4.57. The van der Waals surface area contributed by atoms with E-state index in [1.807, 2.05) is 0 Å². The SMILES string of the molecule is O=C(NCC1CCCO1)c1cc(Nc2ccc(Cl)cc2C(F)(F)F)ccn1. The maximum atomic E-state index is 13.2. The molecule has 1 unspecified atom stereocenters. The highest BCUT2D eigenvalue weighted by molar-refractivity contribution is 6.30. The van der Waals surface area contributed by atoms with Crippen LogP contribution in [0, 0.1) is 0 Å². The second-order valence-corrected chi connectivity index (χ2v) is 6.52. The number of amides is 1. The number of hydrogen-bond acceptors (Lipinski definition) is 4. The lowest BCUT2D eigenvalue weighted by atomic mass is 10.1. The lowest BCUT2D eigenvalue weighted by molar-refractivity contribution is -0.136. The Morgan fingerprint density at radius 2 is 2.11 bits per heavy atom. The number of ether oxygens (including phenoxy) is 1. The minimum Gasteiger partial charge on any atom is -0.376 e. The molecule has 2 aromatic rings. The van der Waals surface area contributed by atoms with Gasteiger partial charge < -0.3 is 15.4 Å². The van der Waals surface area contributed by atoms with E-state index in [9.17, 15) is 18.0 Å². The van der Waals surface area contributed by atoms with Gasteiger partial charge in [0.1, 0.15) is 5.69 Å². The highest BCUT2D eigenvalue weighted by Crippen LogP contribution is 2.37. The number of anilines is 2. The second-order valence-electron chi connectivity index (χ2n) is 6.09. The Balaban J connectivity index is 1.73. The number of alkyl halides is 3. The van der Waals surface area contributed by atoms with Crippen LogP contribution in [-0.2, 0) is 10.9 Å². The van der Waals surface area contributed by atoms with E-state index in [4.69, 9.17) is 16.3 Å². The van der Waals surface area contributed by atoms with Crippen LogP contribution >= 0.6 is 11.6 Å². The van der Waals surface area contributed by atoms with E-state index in [2.05, 4.69) is 15.6 Å². The van der Waals surface area contributed by atoms with Crippen molar-refractivity contribution < 1.29 is 22.7 Å². The first-order valence-electron chi connectivity index (χ1n) is 8.32. The molecule has 0 aliphatic carbocycles. The van der Waals surface area contributed by atoms with E-state index >= 15 is 0 Å². The summed E-state index contributed by atoms with van der Waals surface area (Å²) in [4.78, 5) is 16.2. The number of rotatable bonds is 5. The van der Waals surface area contributed by atoms with E-state index in [1.54, 1.807) is 0 Å². The molecule has 0 saturated carbocycles. The number of pyridine rings is 1. The van der Waals surface area contributed by atoms with Gasteiger partial charge in [0.25, 0.3) is 5.91 Å². The molecule has 1 saturated heterocycles. The van der Waals surface area contributed by atoms with Gasteiger partial charge in [-0.3, -0.25) is 9.78 Å². The van der Waals surface area contributed by atoms with Crippen LogP contribution in [-0.4, -0.2) is 30.1 Å². The third-order valence-electron chi connectivity index (χ3n) is 4.07. The monoisotopic (exact) mass is 399 g/mol.